The van der Waals surface area contributed by atoms with Gasteiger partial charge in [-0.2, -0.15) is 0 Å². The molecule has 0 aromatic carbocycles. The van der Waals surface area contributed by atoms with Gasteiger partial charge in [-0.05, 0) is 77.4 Å². The van der Waals surface area contributed by atoms with Crippen LogP contribution in [0.3, 0.4) is 0 Å². The molecule has 0 bridgehead atoms. The summed E-state index contributed by atoms with van der Waals surface area (Å²) in [5.41, 5.74) is -0.0103. The number of esters is 2. The van der Waals surface area contributed by atoms with Crippen molar-refractivity contribution in [3.8, 4) is 0 Å². The number of nitrogens with zero attached hydrogens (tertiary/aromatic N) is 1. The normalized spacial score (nSPS) is 12.6. The molecule has 38 heavy (non-hydrogen) atoms. The topological polar surface area (TPSA) is 76.1 Å². The van der Waals surface area contributed by atoms with Gasteiger partial charge in [-0.1, -0.05) is 85.0 Å². The maximum atomic E-state index is 12.4. The largest absolute Gasteiger partial charge is 0.465 e. The highest BCUT2D eigenvalue weighted by Gasteiger charge is 2.20. The standard InChI is InChI=1S/C32H63NO5/c1-6-7-8-9-12-17-23-30(35)37-28-32(2,3)25-18-14-16-22-29(21-15-11-10-13-19-27-34)38-31(36)24-20-26-33(4)5/h29,34H,6-28H2,1-5H3. The van der Waals surface area contributed by atoms with Crippen LogP contribution in [-0.4, -0.2) is 61.9 Å². The molecule has 0 heterocycles. The van der Waals surface area contributed by atoms with Crippen LogP contribution in [0.5, 0.6) is 0 Å². The van der Waals surface area contributed by atoms with Crippen LogP contribution in [-0.2, 0) is 19.1 Å². The van der Waals surface area contributed by atoms with Crippen LogP contribution in [0.1, 0.15) is 149 Å². The van der Waals surface area contributed by atoms with E-state index < -0.39 is 0 Å². The van der Waals surface area contributed by atoms with Gasteiger partial charge in [0.1, 0.15) is 6.10 Å². The number of unbranched alkanes of at least 4 members (excludes halogenated alkanes) is 11. The third-order valence-corrected chi connectivity index (χ3v) is 7.21. The fraction of sp³-hybridized carbons (Fsp3) is 0.938. The van der Waals surface area contributed by atoms with Crippen LogP contribution in [0.2, 0.25) is 0 Å². The summed E-state index contributed by atoms with van der Waals surface area (Å²) in [5.74, 6) is -0.124. The molecule has 0 spiro atoms. The van der Waals surface area contributed by atoms with Gasteiger partial charge in [-0.25, -0.2) is 0 Å². The Bertz CT molecular complexity index is 564. The molecule has 226 valence electrons. The fourth-order valence-corrected chi connectivity index (χ4v) is 4.68. The molecule has 0 aliphatic rings. The SMILES string of the molecule is CCCCCCCCC(=O)OCC(C)(C)CCCCCC(CCCCCCCO)OC(=O)CCCN(C)C. The highest BCUT2D eigenvalue weighted by molar-refractivity contribution is 5.69. The Morgan fingerprint density at radius 3 is 1.92 bits per heavy atom. The molecule has 0 aromatic rings. The molecular weight excluding hydrogens is 478 g/mol. The van der Waals surface area contributed by atoms with E-state index in [2.05, 4.69) is 25.7 Å². The number of aliphatic hydroxyl groups is 1. The molecule has 0 aliphatic heterocycles. The predicted octanol–water partition coefficient (Wildman–Crippen LogP) is 7.84. The van der Waals surface area contributed by atoms with Gasteiger partial charge in [0.15, 0.2) is 0 Å². The Morgan fingerprint density at radius 2 is 1.29 bits per heavy atom. The van der Waals surface area contributed by atoms with E-state index in [0.29, 0.717) is 19.4 Å². The molecule has 0 amide bonds. The summed E-state index contributed by atoms with van der Waals surface area (Å²) in [7, 11) is 4.04. The van der Waals surface area contributed by atoms with Crippen LogP contribution in [0, 0.1) is 5.41 Å². The molecule has 0 fully saturated rings. The van der Waals surface area contributed by atoms with Crippen LogP contribution in [0.25, 0.3) is 0 Å². The predicted molar refractivity (Wildman–Crippen MR) is 158 cm³/mol. The van der Waals surface area contributed by atoms with Crippen LogP contribution in [0.4, 0.5) is 0 Å². The zero-order valence-corrected chi connectivity index (χ0v) is 25.9. The second-order valence-corrected chi connectivity index (χ2v) is 12.2. The van der Waals surface area contributed by atoms with Crippen LogP contribution >= 0.6 is 0 Å². The van der Waals surface area contributed by atoms with E-state index >= 15 is 0 Å². The number of carbonyl (C=O) groups excluding carboxylic acids is 2. The van der Waals surface area contributed by atoms with Crippen molar-refractivity contribution in [2.45, 2.75) is 155 Å². The number of ether oxygens (including phenoxy) is 2. The quantitative estimate of drug-likeness (QED) is 0.0843. The van der Waals surface area contributed by atoms with Gasteiger partial charge in [0.2, 0.25) is 0 Å². The molecular formula is C32H63NO5. The van der Waals surface area contributed by atoms with Gasteiger partial charge in [-0.3, -0.25) is 9.59 Å². The number of hydrogen-bond acceptors (Lipinski definition) is 6. The Morgan fingerprint density at radius 1 is 0.737 bits per heavy atom. The van der Waals surface area contributed by atoms with Gasteiger partial charge in [0, 0.05) is 19.4 Å². The Hall–Kier alpha value is -1.14. The smallest absolute Gasteiger partial charge is 0.306 e. The van der Waals surface area contributed by atoms with E-state index in [0.717, 1.165) is 96.4 Å². The lowest BCUT2D eigenvalue weighted by atomic mass is 9.87. The summed E-state index contributed by atoms with van der Waals surface area (Å²) in [4.78, 5) is 26.6. The zero-order valence-electron chi connectivity index (χ0n) is 25.9. The summed E-state index contributed by atoms with van der Waals surface area (Å²) >= 11 is 0. The van der Waals surface area contributed by atoms with Crippen molar-refractivity contribution in [1.29, 1.82) is 0 Å². The Labute approximate surface area is 235 Å². The first kappa shape index (κ1) is 36.9. The summed E-state index contributed by atoms with van der Waals surface area (Å²) in [6.45, 7) is 8.24. The average Bonchev–Trinajstić information content (AvgIpc) is 2.86. The van der Waals surface area contributed by atoms with Crippen molar-refractivity contribution in [3.05, 3.63) is 0 Å². The second kappa shape index (κ2) is 24.9. The van der Waals surface area contributed by atoms with E-state index in [4.69, 9.17) is 14.6 Å². The molecule has 1 atom stereocenters. The lowest BCUT2D eigenvalue weighted by molar-refractivity contribution is -0.150. The summed E-state index contributed by atoms with van der Waals surface area (Å²) in [6.07, 6.45) is 20.3. The number of aliphatic hydroxyl groups excluding tert-OH is 1. The third-order valence-electron chi connectivity index (χ3n) is 7.21. The van der Waals surface area contributed by atoms with Crippen molar-refractivity contribution in [2.24, 2.45) is 5.41 Å². The summed E-state index contributed by atoms with van der Waals surface area (Å²) < 4.78 is 11.5. The summed E-state index contributed by atoms with van der Waals surface area (Å²) in [6, 6.07) is 0. The third kappa shape index (κ3) is 25.2. The minimum Gasteiger partial charge on any atom is -0.465 e. The van der Waals surface area contributed by atoms with E-state index in [-0.39, 0.29) is 30.1 Å². The second-order valence-electron chi connectivity index (χ2n) is 12.2. The van der Waals surface area contributed by atoms with Gasteiger partial charge in [0.05, 0.1) is 6.61 Å². The van der Waals surface area contributed by atoms with E-state index in [1.807, 2.05) is 14.1 Å². The first-order chi connectivity index (χ1) is 18.2. The van der Waals surface area contributed by atoms with Crippen molar-refractivity contribution in [2.75, 3.05) is 33.9 Å². The van der Waals surface area contributed by atoms with Crippen molar-refractivity contribution < 1.29 is 24.2 Å². The molecule has 0 saturated carbocycles. The molecule has 1 N–H and O–H groups in total. The number of rotatable bonds is 27. The zero-order chi connectivity index (χ0) is 28.5. The molecule has 0 saturated heterocycles. The average molecular weight is 542 g/mol. The lowest BCUT2D eigenvalue weighted by Crippen LogP contribution is -2.22. The number of carbonyl (C=O) groups is 2. The van der Waals surface area contributed by atoms with E-state index in [9.17, 15) is 9.59 Å². The van der Waals surface area contributed by atoms with Gasteiger partial charge in [-0.15, -0.1) is 0 Å². The van der Waals surface area contributed by atoms with Gasteiger partial charge < -0.3 is 19.5 Å². The first-order valence-electron chi connectivity index (χ1n) is 15.8. The van der Waals surface area contributed by atoms with Crippen molar-refractivity contribution in [1.82, 2.24) is 4.90 Å². The number of hydrogen-bond donors (Lipinski definition) is 1. The highest BCUT2D eigenvalue weighted by atomic mass is 16.5. The maximum absolute atomic E-state index is 12.4. The van der Waals surface area contributed by atoms with E-state index in [1.54, 1.807) is 0 Å². The maximum Gasteiger partial charge on any atom is 0.306 e. The van der Waals surface area contributed by atoms with Gasteiger partial charge in [0.25, 0.3) is 0 Å². The van der Waals surface area contributed by atoms with Crippen LogP contribution < -0.4 is 0 Å². The molecule has 1 unspecified atom stereocenters. The Kier molecular flexibility index (Phi) is 24.1. The molecule has 6 heteroatoms. The minimum atomic E-state index is -0.0685. The minimum absolute atomic E-state index is 0.00985. The van der Waals surface area contributed by atoms with E-state index in [1.165, 1.54) is 25.7 Å². The first-order valence-corrected chi connectivity index (χ1v) is 15.8. The molecule has 0 aliphatic carbocycles. The fourth-order valence-electron chi connectivity index (χ4n) is 4.68. The molecule has 0 radical (unpaired) electrons. The lowest BCUT2D eigenvalue weighted by Gasteiger charge is -2.24. The van der Waals surface area contributed by atoms with Crippen molar-refractivity contribution in [3.63, 3.8) is 0 Å². The monoisotopic (exact) mass is 541 g/mol. The van der Waals surface area contributed by atoms with Gasteiger partial charge >= 0.3 is 11.9 Å². The summed E-state index contributed by atoms with van der Waals surface area (Å²) in [5, 5.41) is 8.94. The molecule has 0 rings (SSSR count). The highest BCUT2D eigenvalue weighted by Crippen LogP contribution is 2.25. The molecule has 6 nitrogen and oxygen atoms in total. The van der Waals surface area contributed by atoms with Crippen LogP contribution in [0.15, 0.2) is 0 Å². The Balaban J connectivity index is 4.22. The molecule has 0 aromatic heterocycles. The van der Waals surface area contributed by atoms with Crippen molar-refractivity contribution >= 4 is 11.9 Å².